The topological polar surface area (TPSA) is 75.4 Å². The van der Waals surface area contributed by atoms with Crippen molar-refractivity contribution >= 4 is 17.5 Å². The molecule has 0 heterocycles. The third-order valence-electron chi connectivity index (χ3n) is 4.18. The zero-order valence-electron chi connectivity index (χ0n) is 13.6. The highest BCUT2D eigenvalue weighted by Crippen LogP contribution is 2.17. The summed E-state index contributed by atoms with van der Waals surface area (Å²) in [6.07, 6.45) is 8.49. The van der Waals surface area contributed by atoms with Gasteiger partial charge >= 0.3 is 0 Å². The summed E-state index contributed by atoms with van der Waals surface area (Å²) in [7, 11) is 0. The first-order chi connectivity index (χ1) is 11.1. The van der Waals surface area contributed by atoms with Crippen LogP contribution in [0.1, 0.15) is 43.0 Å². The number of nitrogens with zero attached hydrogens (tertiary/aromatic N) is 1. The van der Waals surface area contributed by atoms with Crippen molar-refractivity contribution in [2.24, 2.45) is 5.73 Å². The summed E-state index contributed by atoms with van der Waals surface area (Å²) in [6.45, 7) is 3.81. The summed E-state index contributed by atoms with van der Waals surface area (Å²) in [5.41, 5.74) is 6.31. The van der Waals surface area contributed by atoms with Crippen LogP contribution in [0.25, 0.3) is 0 Å². The summed E-state index contributed by atoms with van der Waals surface area (Å²) >= 11 is 0. The molecule has 2 amide bonds. The van der Waals surface area contributed by atoms with Crippen molar-refractivity contribution in [3.63, 3.8) is 0 Å². The molecule has 0 fully saturated rings. The first kappa shape index (κ1) is 17.2. The van der Waals surface area contributed by atoms with Crippen molar-refractivity contribution in [2.45, 2.75) is 38.6 Å². The van der Waals surface area contributed by atoms with Crippen LogP contribution >= 0.6 is 0 Å². The number of allylic oxidation sites excluding steroid dienone is 1. The molecule has 1 aliphatic rings. The van der Waals surface area contributed by atoms with E-state index in [0.717, 1.165) is 19.5 Å². The molecule has 0 aliphatic heterocycles. The van der Waals surface area contributed by atoms with Crippen molar-refractivity contribution in [1.29, 1.82) is 0 Å². The smallest absolute Gasteiger partial charge is 0.248 e. The highest BCUT2D eigenvalue weighted by Gasteiger charge is 2.17. The van der Waals surface area contributed by atoms with Crippen LogP contribution in [0.4, 0.5) is 5.69 Å². The fraction of sp³-hybridized carbons (Fsp3) is 0.444. The van der Waals surface area contributed by atoms with Crippen LogP contribution in [-0.4, -0.2) is 35.8 Å². The van der Waals surface area contributed by atoms with Gasteiger partial charge in [0.15, 0.2) is 0 Å². The number of benzene rings is 1. The van der Waals surface area contributed by atoms with E-state index in [4.69, 9.17) is 5.73 Å². The van der Waals surface area contributed by atoms with E-state index in [2.05, 4.69) is 29.3 Å². The van der Waals surface area contributed by atoms with Gasteiger partial charge in [-0.15, -0.1) is 0 Å². The largest absolute Gasteiger partial charge is 0.366 e. The summed E-state index contributed by atoms with van der Waals surface area (Å²) in [6, 6.07) is 7.07. The van der Waals surface area contributed by atoms with Gasteiger partial charge in [-0.25, -0.2) is 0 Å². The van der Waals surface area contributed by atoms with E-state index >= 15 is 0 Å². The molecule has 0 saturated carbocycles. The van der Waals surface area contributed by atoms with Crippen LogP contribution in [0.2, 0.25) is 0 Å². The third-order valence-corrected chi connectivity index (χ3v) is 4.18. The van der Waals surface area contributed by atoms with Gasteiger partial charge in [0.2, 0.25) is 11.8 Å². The number of hydrogen-bond donors (Lipinski definition) is 2. The standard InChI is InChI=1S/C18H25N3O2/c1-2-21(16-6-4-3-5-7-16)13-12-17(22)20-15-10-8-14(9-11-15)18(19)23/h4,6,8-11,16H,2-3,5,7,12-13H2,1H3,(H2,19,23)(H,20,22)/t16-/m1/s1. The SMILES string of the molecule is CCN(CCC(=O)Nc1ccc(C(N)=O)cc1)[C@@H]1C=CCCC1. The molecule has 1 aromatic carbocycles. The lowest BCUT2D eigenvalue weighted by atomic mass is 10.0. The van der Waals surface area contributed by atoms with Crippen LogP contribution in [-0.2, 0) is 4.79 Å². The normalized spacial score (nSPS) is 17.2. The van der Waals surface area contributed by atoms with Gasteiger partial charge in [-0.3, -0.25) is 14.5 Å². The number of amides is 2. The minimum absolute atomic E-state index is 0.0185. The minimum Gasteiger partial charge on any atom is -0.366 e. The van der Waals surface area contributed by atoms with Crippen LogP contribution in [0, 0.1) is 0 Å². The van der Waals surface area contributed by atoms with Gasteiger partial charge in [-0.1, -0.05) is 19.1 Å². The van der Waals surface area contributed by atoms with E-state index in [1.807, 2.05) is 0 Å². The molecule has 1 atom stereocenters. The van der Waals surface area contributed by atoms with Crippen LogP contribution < -0.4 is 11.1 Å². The Balaban J connectivity index is 1.82. The molecule has 0 bridgehead atoms. The number of carbonyl (C=O) groups excluding carboxylic acids is 2. The molecule has 23 heavy (non-hydrogen) atoms. The summed E-state index contributed by atoms with van der Waals surface area (Å²) < 4.78 is 0. The Morgan fingerprint density at radius 3 is 2.61 bits per heavy atom. The van der Waals surface area contributed by atoms with Crippen LogP contribution in [0.5, 0.6) is 0 Å². The second-order valence-corrected chi connectivity index (χ2v) is 5.79. The van der Waals surface area contributed by atoms with Crippen molar-refractivity contribution in [3.05, 3.63) is 42.0 Å². The van der Waals surface area contributed by atoms with Gasteiger partial charge in [0.05, 0.1) is 0 Å². The molecule has 0 spiro atoms. The first-order valence-corrected chi connectivity index (χ1v) is 8.20. The average molecular weight is 315 g/mol. The molecule has 3 N–H and O–H groups in total. The van der Waals surface area contributed by atoms with Gasteiger partial charge in [0.25, 0.3) is 0 Å². The van der Waals surface area contributed by atoms with E-state index in [1.165, 1.54) is 12.8 Å². The van der Waals surface area contributed by atoms with Crippen molar-refractivity contribution < 1.29 is 9.59 Å². The second kappa shape index (κ2) is 8.48. The molecule has 0 radical (unpaired) electrons. The van der Waals surface area contributed by atoms with E-state index in [0.29, 0.717) is 23.7 Å². The predicted molar refractivity (Wildman–Crippen MR) is 92.2 cm³/mol. The summed E-state index contributed by atoms with van der Waals surface area (Å²) in [5.74, 6) is -0.489. The summed E-state index contributed by atoms with van der Waals surface area (Å²) in [4.78, 5) is 25.4. The highest BCUT2D eigenvalue weighted by atomic mass is 16.2. The highest BCUT2D eigenvalue weighted by molar-refractivity contribution is 5.94. The number of nitrogens with one attached hydrogen (secondary N) is 1. The third kappa shape index (κ3) is 5.21. The fourth-order valence-electron chi connectivity index (χ4n) is 2.84. The van der Waals surface area contributed by atoms with Gasteiger partial charge in [0.1, 0.15) is 0 Å². The number of nitrogens with two attached hydrogens (primary N) is 1. The Morgan fingerprint density at radius 1 is 1.30 bits per heavy atom. The number of primary amides is 1. The minimum atomic E-state index is -0.470. The monoisotopic (exact) mass is 315 g/mol. The molecule has 124 valence electrons. The molecular formula is C18H25N3O2. The molecule has 5 nitrogen and oxygen atoms in total. The van der Waals surface area contributed by atoms with E-state index in [9.17, 15) is 9.59 Å². The molecule has 1 aliphatic carbocycles. The average Bonchev–Trinajstić information content (AvgIpc) is 2.57. The maximum Gasteiger partial charge on any atom is 0.248 e. The Hall–Kier alpha value is -2.14. The lowest BCUT2D eigenvalue weighted by Gasteiger charge is -2.30. The van der Waals surface area contributed by atoms with Gasteiger partial charge in [0, 0.05) is 30.3 Å². The fourth-order valence-corrected chi connectivity index (χ4v) is 2.84. The Labute approximate surface area is 137 Å². The van der Waals surface area contributed by atoms with E-state index in [-0.39, 0.29) is 5.91 Å². The lowest BCUT2D eigenvalue weighted by Crippen LogP contribution is -2.36. The zero-order chi connectivity index (χ0) is 16.7. The number of carbonyl (C=O) groups is 2. The lowest BCUT2D eigenvalue weighted by molar-refractivity contribution is -0.116. The van der Waals surface area contributed by atoms with E-state index < -0.39 is 5.91 Å². The number of likely N-dealkylation sites (N-methyl/N-ethyl adjacent to an activating group) is 1. The molecule has 0 unspecified atom stereocenters. The van der Waals surface area contributed by atoms with Crippen molar-refractivity contribution in [2.75, 3.05) is 18.4 Å². The molecule has 2 rings (SSSR count). The number of anilines is 1. The van der Waals surface area contributed by atoms with Gasteiger partial charge < -0.3 is 11.1 Å². The van der Waals surface area contributed by atoms with E-state index in [1.54, 1.807) is 24.3 Å². The maximum absolute atomic E-state index is 12.1. The predicted octanol–water partition coefficient (Wildman–Crippen LogP) is 2.54. The van der Waals surface area contributed by atoms with Crippen LogP contribution in [0.15, 0.2) is 36.4 Å². The first-order valence-electron chi connectivity index (χ1n) is 8.20. The Kier molecular flexibility index (Phi) is 6.35. The van der Waals surface area contributed by atoms with Gasteiger partial charge in [-0.05, 0) is 50.1 Å². The second-order valence-electron chi connectivity index (χ2n) is 5.79. The van der Waals surface area contributed by atoms with Crippen molar-refractivity contribution in [1.82, 2.24) is 4.90 Å². The quantitative estimate of drug-likeness (QED) is 0.759. The molecule has 0 saturated heterocycles. The molecule has 5 heteroatoms. The molecule has 0 aromatic heterocycles. The summed E-state index contributed by atoms with van der Waals surface area (Å²) in [5, 5.41) is 2.85. The Morgan fingerprint density at radius 2 is 2.04 bits per heavy atom. The number of hydrogen-bond acceptors (Lipinski definition) is 3. The van der Waals surface area contributed by atoms with Crippen molar-refractivity contribution in [3.8, 4) is 0 Å². The molecular weight excluding hydrogens is 290 g/mol. The Bertz CT molecular complexity index is 566. The maximum atomic E-state index is 12.1. The van der Waals surface area contributed by atoms with Gasteiger partial charge in [-0.2, -0.15) is 0 Å². The molecule has 1 aromatic rings. The van der Waals surface area contributed by atoms with Crippen LogP contribution in [0.3, 0.4) is 0 Å². The number of rotatable bonds is 7. The zero-order valence-corrected chi connectivity index (χ0v) is 13.6.